The van der Waals surface area contributed by atoms with Gasteiger partial charge in [0.1, 0.15) is 12.1 Å². The fourth-order valence-electron chi connectivity index (χ4n) is 2.09. The molecule has 0 atom stereocenters. The van der Waals surface area contributed by atoms with Crippen molar-refractivity contribution in [3.63, 3.8) is 0 Å². The molecule has 4 heteroatoms. The van der Waals surface area contributed by atoms with Crippen molar-refractivity contribution in [3.8, 4) is 6.07 Å². The van der Waals surface area contributed by atoms with Crippen LogP contribution in [0.3, 0.4) is 0 Å². The maximum absolute atomic E-state index is 11.6. The second kappa shape index (κ2) is 6.49. The minimum absolute atomic E-state index is 0.0555. The molecule has 0 unspecified atom stereocenters. The van der Waals surface area contributed by atoms with Gasteiger partial charge in [0.05, 0.1) is 6.07 Å². The van der Waals surface area contributed by atoms with Crippen molar-refractivity contribution in [2.24, 2.45) is 0 Å². The van der Waals surface area contributed by atoms with E-state index >= 15 is 0 Å². The summed E-state index contributed by atoms with van der Waals surface area (Å²) < 4.78 is 5.04. The van der Waals surface area contributed by atoms with Gasteiger partial charge in [0.25, 0.3) is 0 Å². The molecule has 1 N–H and O–H groups in total. The maximum Gasteiger partial charge on any atom is 0.247 e. The Labute approximate surface area is 97.0 Å². The van der Waals surface area contributed by atoms with Gasteiger partial charge in [-0.05, 0) is 19.8 Å². The summed E-state index contributed by atoms with van der Waals surface area (Å²) in [6.45, 7) is 2.42. The van der Waals surface area contributed by atoms with Crippen molar-refractivity contribution in [2.45, 2.75) is 51.0 Å². The van der Waals surface area contributed by atoms with E-state index in [2.05, 4.69) is 11.4 Å². The van der Waals surface area contributed by atoms with Crippen LogP contribution >= 0.6 is 0 Å². The normalized spacial score (nSPS) is 19.5. The van der Waals surface area contributed by atoms with E-state index in [0.29, 0.717) is 6.61 Å². The van der Waals surface area contributed by atoms with Gasteiger partial charge in [-0.25, -0.2) is 0 Å². The van der Waals surface area contributed by atoms with Gasteiger partial charge in [0.15, 0.2) is 0 Å². The lowest BCUT2D eigenvalue weighted by atomic mass is 9.92. The fourth-order valence-corrected chi connectivity index (χ4v) is 2.09. The van der Waals surface area contributed by atoms with Crippen molar-refractivity contribution in [3.05, 3.63) is 0 Å². The molecule has 0 aromatic heterocycles. The second-order valence-electron chi connectivity index (χ2n) is 4.29. The Morgan fingerprint density at radius 2 is 2.00 bits per heavy atom. The Kier molecular flexibility index (Phi) is 5.27. The molecule has 16 heavy (non-hydrogen) atoms. The van der Waals surface area contributed by atoms with Gasteiger partial charge in [0.2, 0.25) is 5.91 Å². The van der Waals surface area contributed by atoms with Crippen molar-refractivity contribution in [1.29, 1.82) is 5.26 Å². The quantitative estimate of drug-likeness (QED) is 0.740. The number of nitrogens with zero attached hydrogens (tertiary/aromatic N) is 1. The van der Waals surface area contributed by atoms with E-state index in [1.54, 1.807) is 0 Å². The van der Waals surface area contributed by atoms with Crippen molar-refractivity contribution in [1.82, 2.24) is 5.32 Å². The molecule has 0 bridgehead atoms. The molecule has 4 nitrogen and oxygen atoms in total. The SMILES string of the molecule is CCOCC(=O)NC1(C#N)CCCCCC1. The molecule has 0 aromatic carbocycles. The lowest BCUT2D eigenvalue weighted by molar-refractivity contribution is -0.127. The number of carbonyl (C=O) groups is 1. The van der Waals surface area contributed by atoms with Gasteiger partial charge in [-0.3, -0.25) is 4.79 Å². The lowest BCUT2D eigenvalue weighted by Crippen LogP contribution is -2.48. The van der Waals surface area contributed by atoms with E-state index < -0.39 is 5.54 Å². The predicted molar refractivity (Wildman–Crippen MR) is 60.7 cm³/mol. The number of hydrogen-bond acceptors (Lipinski definition) is 3. The average molecular weight is 224 g/mol. The minimum Gasteiger partial charge on any atom is -0.372 e. The third kappa shape index (κ3) is 3.82. The zero-order valence-corrected chi connectivity index (χ0v) is 9.92. The van der Waals surface area contributed by atoms with Crippen molar-refractivity contribution >= 4 is 5.91 Å². The first-order valence-electron chi connectivity index (χ1n) is 6.02. The van der Waals surface area contributed by atoms with Crippen LogP contribution in [0.1, 0.15) is 45.4 Å². The number of rotatable bonds is 4. The van der Waals surface area contributed by atoms with Crippen molar-refractivity contribution in [2.75, 3.05) is 13.2 Å². The largest absolute Gasteiger partial charge is 0.372 e. The first kappa shape index (κ1) is 13.0. The molecule has 1 amide bonds. The highest BCUT2D eigenvalue weighted by atomic mass is 16.5. The smallest absolute Gasteiger partial charge is 0.247 e. The van der Waals surface area contributed by atoms with Crippen LogP contribution < -0.4 is 5.32 Å². The summed E-state index contributed by atoms with van der Waals surface area (Å²) in [5.41, 5.74) is -0.648. The molecule has 1 saturated carbocycles. The van der Waals surface area contributed by atoms with Gasteiger partial charge >= 0.3 is 0 Å². The number of amides is 1. The molecule has 1 aliphatic rings. The van der Waals surface area contributed by atoms with Gasteiger partial charge in [-0.1, -0.05) is 25.7 Å². The van der Waals surface area contributed by atoms with E-state index in [1.807, 2.05) is 6.92 Å². The summed E-state index contributed by atoms with van der Waals surface area (Å²) in [5.74, 6) is -0.176. The molecule has 0 aliphatic heterocycles. The molecule has 1 fully saturated rings. The number of ether oxygens (including phenoxy) is 1. The third-order valence-corrected chi connectivity index (χ3v) is 2.99. The third-order valence-electron chi connectivity index (χ3n) is 2.99. The van der Waals surface area contributed by atoms with E-state index in [0.717, 1.165) is 38.5 Å². The molecular formula is C12H20N2O2. The van der Waals surface area contributed by atoms with Crippen LogP contribution in [-0.2, 0) is 9.53 Å². The topological polar surface area (TPSA) is 62.1 Å². The lowest BCUT2D eigenvalue weighted by Gasteiger charge is -2.26. The van der Waals surface area contributed by atoms with Crippen LogP contribution in [0.15, 0.2) is 0 Å². The van der Waals surface area contributed by atoms with E-state index in [-0.39, 0.29) is 12.5 Å². The van der Waals surface area contributed by atoms with E-state index in [1.165, 1.54) is 0 Å². The number of nitrogens with one attached hydrogen (secondary N) is 1. The zero-order valence-electron chi connectivity index (χ0n) is 9.92. The molecule has 0 saturated heterocycles. The van der Waals surface area contributed by atoms with Gasteiger partial charge in [0, 0.05) is 6.61 Å². The van der Waals surface area contributed by atoms with Crippen LogP contribution in [0.25, 0.3) is 0 Å². The zero-order chi connectivity index (χ0) is 11.9. The van der Waals surface area contributed by atoms with E-state index in [9.17, 15) is 10.1 Å². The molecule has 1 aliphatic carbocycles. The summed E-state index contributed by atoms with van der Waals surface area (Å²) in [6, 6.07) is 2.28. The van der Waals surface area contributed by atoms with Gasteiger partial charge in [-0.15, -0.1) is 0 Å². The van der Waals surface area contributed by atoms with Crippen LogP contribution in [0.4, 0.5) is 0 Å². The number of carbonyl (C=O) groups excluding carboxylic acids is 1. The van der Waals surface area contributed by atoms with Crippen LogP contribution in [0, 0.1) is 11.3 Å². The second-order valence-corrected chi connectivity index (χ2v) is 4.29. The molecule has 0 radical (unpaired) electrons. The predicted octanol–water partition coefficient (Wildman–Crippen LogP) is 1.76. The molecular weight excluding hydrogens is 204 g/mol. The van der Waals surface area contributed by atoms with E-state index in [4.69, 9.17) is 4.74 Å². The first-order valence-corrected chi connectivity index (χ1v) is 6.02. The Morgan fingerprint density at radius 1 is 1.38 bits per heavy atom. The summed E-state index contributed by atoms with van der Waals surface area (Å²) in [4.78, 5) is 11.6. The highest BCUT2D eigenvalue weighted by molar-refractivity contribution is 5.78. The summed E-state index contributed by atoms with van der Waals surface area (Å²) >= 11 is 0. The first-order chi connectivity index (χ1) is 7.72. The molecule has 0 heterocycles. The fraction of sp³-hybridized carbons (Fsp3) is 0.833. The molecule has 1 rings (SSSR count). The molecule has 0 aromatic rings. The van der Waals surface area contributed by atoms with Crippen LogP contribution in [-0.4, -0.2) is 24.7 Å². The highest BCUT2D eigenvalue weighted by Crippen LogP contribution is 2.26. The summed E-state index contributed by atoms with van der Waals surface area (Å²) in [6.07, 6.45) is 5.88. The Hall–Kier alpha value is -1.08. The molecule has 90 valence electrons. The minimum atomic E-state index is -0.648. The maximum atomic E-state index is 11.6. The standard InChI is InChI=1S/C12H20N2O2/c1-2-16-9-11(15)14-12(10-13)7-5-3-4-6-8-12/h2-9H2,1H3,(H,14,15). The Bertz CT molecular complexity index is 263. The molecule has 0 spiro atoms. The summed E-state index contributed by atoms with van der Waals surface area (Å²) in [5, 5.41) is 12.1. The highest BCUT2D eigenvalue weighted by Gasteiger charge is 2.32. The Morgan fingerprint density at radius 3 is 2.50 bits per heavy atom. The van der Waals surface area contributed by atoms with Gasteiger partial charge in [-0.2, -0.15) is 5.26 Å². The Balaban J connectivity index is 2.51. The summed E-state index contributed by atoms with van der Waals surface area (Å²) in [7, 11) is 0. The number of nitriles is 1. The average Bonchev–Trinajstić information content (AvgIpc) is 2.52. The van der Waals surface area contributed by atoms with Gasteiger partial charge < -0.3 is 10.1 Å². The number of hydrogen-bond donors (Lipinski definition) is 1. The van der Waals surface area contributed by atoms with Crippen molar-refractivity contribution < 1.29 is 9.53 Å². The monoisotopic (exact) mass is 224 g/mol. The van der Waals surface area contributed by atoms with Crippen LogP contribution in [0.2, 0.25) is 0 Å². The van der Waals surface area contributed by atoms with Crippen LogP contribution in [0.5, 0.6) is 0 Å².